The van der Waals surface area contributed by atoms with Crippen LogP contribution in [0.4, 0.5) is 0 Å². The lowest BCUT2D eigenvalue weighted by Crippen LogP contribution is -1.88. The van der Waals surface area contributed by atoms with Crippen molar-refractivity contribution in [2.45, 2.75) is 117 Å². The lowest BCUT2D eigenvalue weighted by molar-refractivity contribution is 0.589. The second-order valence-corrected chi connectivity index (χ2v) is 13.5. The average molecular weight is 581 g/mol. The molecule has 0 saturated carbocycles. The van der Waals surface area contributed by atoms with Crippen molar-refractivity contribution in [2.24, 2.45) is 0 Å². The predicted molar refractivity (Wildman–Crippen MR) is 197 cm³/mol. The summed E-state index contributed by atoms with van der Waals surface area (Å²) in [5.41, 5.74) is 2.96. The zero-order chi connectivity index (χ0) is 30.1. The van der Waals surface area contributed by atoms with E-state index in [2.05, 4.69) is 98.8 Å². The molecule has 6 aromatic carbocycles. The molecule has 0 aliphatic carbocycles. The van der Waals surface area contributed by atoms with Crippen molar-refractivity contribution in [3.05, 3.63) is 96.1 Å². The lowest BCUT2D eigenvalue weighted by atomic mass is 9.92. The summed E-state index contributed by atoms with van der Waals surface area (Å²) in [6, 6.07) is 33.4. The Morgan fingerprint density at radius 2 is 0.682 bits per heavy atom. The molecule has 0 aliphatic rings. The molecule has 0 spiro atoms. The maximum atomic E-state index is 2.43. The largest absolute Gasteiger partial charge is 0.0654 e. The molecule has 0 N–H and O–H groups in total. The molecule has 0 bridgehead atoms. The normalized spacial score (nSPS) is 12.0. The van der Waals surface area contributed by atoms with Gasteiger partial charge in [-0.2, -0.15) is 0 Å². The van der Waals surface area contributed by atoms with E-state index < -0.39 is 0 Å². The quantitative estimate of drug-likeness (QED) is 0.0607. The minimum absolute atomic E-state index is 1.19. The first kappa shape index (κ1) is 30.6. The summed E-state index contributed by atoms with van der Waals surface area (Å²) in [6.45, 7) is 4.59. The summed E-state index contributed by atoms with van der Waals surface area (Å²) < 4.78 is 0. The van der Waals surface area contributed by atoms with Gasteiger partial charge in [0.1, 0.15) is 0 Å². The summed E-state index contributed by atoms with van der Waals surface area (Å²) in [7, 11) is 0. The van der Waals surface area contributed by atoms with Gasteiger partial charge in [0, 0.05) is 0 Å². The van der Waals surface area contributed by atoms with Gasteiger partial charge in [-0.15, -0.1) is 0 Å². The van der Waals surface area contributed by atoms with E-state index in [1.54, 1.807) is 0 Å². The molecule has 0 aromatic heterocycles. The number of benzene rings is 6. The average Bonchev–Trinajstić information content (AvgIpc) is 3.05. The molecule has 0 heterocycles. The van der Waals surface area contributed by atoms with E-state index >= 15 is 0 Å². The Balaban J connectivity index is 1.20. The summed E-state index contributed by atoms with van der Waals surface area (Å²) >= 11 is 0. The molecule has 228 valence electrons. The van der Waals surface area contributed by atoms with Crippen LogP contribution in [0.15, 0.2) is 84.9 Å². The summed E-state index contributed by atoms with van der Waals surface area (Å²) in [5, 5.41) is 13.6. The molecule has 0 heteroatoms. The van der Waals surface area contributed by atoms with Gasteiger partial charge in [0.15, 0.2) is 0 Å². The van der Waals surface area contributed by atoms with Gasteiger partial charge in [-0.1, -0.05) is 152 Å². The SMILES string of the molecule is CCCCCCCCCc1ccc2cc3c(ccc4c5cc6ccc(CCCCCCCCC)cc6cc5ccc34)cc2c1. The Bertz CT molecular complexity index is 1700. The van der Waals surface area contributed by atoms with Crippen LogP contribution in [0.1, 0.15) is 115 Å². The number of hydrogen-bond acceptors (Lipinski definition) is 0. The van der Waals surface area contributed by atoms with Crippen molar-refractivity contribution in [2.75, 3.05) is 0 Å². The second-order valence-electron chi connectivity index (χ2n) is 13.5. The molecule has 0 atom stereocenters. The maximum Gasteiger partial charge on any atom is -0.00987 e. The highest BCUT2D eigenvalue weighted by atomic mass is 14.1. The number of hydrogen-bond donors (Lipinski definition) is 0. The van der Waals surface area contributed by atoms with Crippen LogP contribution in [-0.2, 0) is 12.8 Å². The minimum Gasteiger partial charge on any atom is -0.0654 e. The second kappa shape index (κ2) is 15.1. The Hall–Kier alpha value is -3.38. The molecular formula is C44H52. The van der Waals surface area contributed by atoms with E-state index in [-0.39, 0.29) is 0 Å². The van der Waals surface area contributed by atoms with E-state index in [9.17, 15) is 0 Å². The van der Waals surface area contributed by atoms with Crippen molar-refractivity contribution in [3.8, 4) is 0 Å². The zero-order valence-corrected chi connectivity index (χ0v) is 27.4. The molecule has 0 radical (unpaired) electrons. The number of aryl methyl sites for hydroxylation is 2. The van der Waals surface area contributed by atoms with Crippen molar-refractivity contribution in [3.63, 3.8) is 0 Å². The van der Waals surface area contributed by atoms with Gasteiger partial charge in [-0.05, 0) is 115 Å². The molecule has 44 heavy (non-hydrogen) atoms. The first-order valence-electron chi connectivity index (χ1n) is 18.0. The molecule has 0 fully saturated rings. The standard InChI is InChI=1S/C44H52/c1-3-5-7-9-11-13-15-17-33-19-21-35-31-43-37(29-39(35)27-33)23-25-42-41(43)26-24-38-30-40-28-34(20-22-36(40)32-44(38)42)18-16-14-12-10-8-6-4-2/h19-32H,3-18H2,1-2H3. The molecule has 0 aliphatic heterocycles. The molecule has 0 nitrogen and oxygen atoms in total. The van der Waals surface area contributed by atoms with Crippen molar-refractivity contribution in [1.29, 1.82) is 0 Å². The van der Waals surface area contributed by atoms with Gasteiger partial charge in [-0.3, -0.25) is 0 Å². The van der Waals surface area contributed by atoms with E-state index in [1.165, 1.54) is 168 Å². The zero-order valence-electron chi connectivity index (χ0n) is 27.4. The first-order valence-corrected chi connectivity index (χ1v) is 18.0. The summed E-state index contributed by atoms with van der Waals surface area (Å²) in [4.78, 5) is 0. The van der Waals surface area contributed by atoms with Crippen LogP contribution in [0.2, 0.25) is 0 Å². The summed E-state index contributed by atoms with van der Waals surface area (Å²) in [5.74, 6) is 0. The van der Waals surface area contributed by atoms with Gasteiger partial charge in [0.2, 0.25) is 0 Å². The number of unbranched alkanes of at least 4 members (excludes halogenated alkanes) is 12. The highest BCUT2D eigenvalue weighted by Gasteiger charge is 2.09. The smallest absolute Gasteiger partial charge is 0.00987 e. The van der Waals surface area contributed by atoms with Crippen molar-refractivity contribution >= 4 is 53.9 Å². The van der Waals surface area contributed by atoms with Gasteiger partial charge >= 0.3 is 0 Å². The Labute approximate surface area is 265 Å². The maximum absolute atomic E-state index is 2.43. The van der Waals surface area contributed by atoms with Crippen LogP contribution in [0.3, 0.4) is 0 Å². The first-order chi connectivity index (χ1) is 21.7. The third-order valence-corrected chi connectivity index (χ3v) is 10.0. The number of rotatable bonds is 16. The van der Waals surface area contributed by atoms with E-state index in [0.717, 1.165) is 0 Å². The fourth-order valence-corrected chi connectivity index (χ4v) is 7.35. The molecule has 6 aromatic rings. The van der Waals surface area contributed by atoms with Gasteiger partial charge in [0.05, 0.1) is 0 Å². The highest BCUT2D eigenvalue weighted by Crippen LogP contribution is 2.36. The van der Waals surface area contributed by atoms with Crippen LogP contribution in [0.25, 0.3) is 53.9 Å². The highest BCUT2D eigenvalue weighted by molar-refractivity contribution is 6.20. The van der Waals surface area contributed by atoms with E-state index in [1.807, 2.05) is 0 Å². The predicted octanol–water partition coefficient (Wildman–Crippen LogP) is 14.0. The molecule has 0 saturated heterocycles. The third kappa shape index (κ3) is 7.28. The fourth-order valence-electron chi connectivity index (χ4n) is 7.35. The summed E-state index contributed by atoms with van der Waals surface area (Å²) in [6.07, 6.45) is 21.5. The van der Waals surface area contributed by atoms with Gasteiger partial charge in [-0.25, -0.2) is 0 Å². The van der Waals surface area contributed by atoms with Gasteiger partial charge < -0.3 is 0 Å². The minimum atomic E-state index is 1.19. The van der Waals surface area contributed by atoms with Crippen LogP contribution >= 0.6 is 0 Å². The van der Waals surface area contributed by atoms with Gasteiger partial charge in [0.25, 0.3) is 0 Å². The van der Waals surface area contributed by atoms with Crippen molar-refractivity contribution in [1.82, 2.24) is 0 Å². The fraction of sp³-hybridized carbons (Fsp3) is 0.409. The van der Waals surface area contributed by atoms with Crippen molar-refractivity contribution < 1.29 is 0 Å². The van der Waals surface area contributed by atoms with Crippen LogP contribution in [0, 0.1) is 0 Å². The Morgan fingerprint density at radius 3 is 1.11 bits per heavy atom. The van der Waals surface area contributed by atoms with Crippen LogP contribution in [-0.4, -0.2) is 0 Å². The van der Waals surface area contributed by atoms with Crippen LogP contribution in [0.5, 0.6) is 0 Å². The topological polar surface area (TPSA) is 0 Å². The van der Waals surface area contributed by atoms with E-state index in [0.29, 0.717) is 0 Å². The Kier molecular flexibility index (Phi) is 10.5. The monoisotopic (exact) mass is 580 g/mol. The molecule has 0 amide bonds. The lowest BCUT2D eigenvalue weighted by Gasteiger charge is -2.12. The van der Waals surface area contributed by atoms with Crippen LogP contribution < -0.4 is 0 Å². The molecule has 0 unspecified atom stereocenters. The third-order valence-electron chi connectivity index (χ3n) is 10.0. The number of fused-ring (bicyclic) bond motifs is 7. The van der Waals surface area contributed by atoms with E-state index in [4.69, 9.17) is 0 Å². The molecule has 6 rings (SSSR count). The molecular weight excluding hydrogens is 528 g/mol. The Morgan fingerprint density at radius 1 is 0.295 bits per heavy atom.